The number of hydrogen-bond donors (Lipinski definition) is 0. The molecule has 8 heteroatoms. The molecule has 0 saturated carbocycles. The van der Waals surface area contributed by atoms with E-state index in [1.165, 1.54) is 0 Å². The molecule has 8 nitrogen and oxygen atoms in total. The van der Waals surface area contributed by atoms with Gasteiger partial charge in [0.15, 0.2) is 11.6 Å². The largest absolute Gasteiger partial charge is 0.334 e. The molecule has 2 aromatic heterocycles. The van der Waals surface area contributed by atoms with Gasteiger partial charge in [-0.05, 0) is 12.5 Å². The minimum Gasteiger partial charge on any atom is -0.334 e. The second-order valence-corrected chi connectivity index (χ2v) is 4.89. The van der Waals surface area contributed by atoms with Crippen LogP contribution in [0, 0.1) is 11.3 Å². The van der Waals surface area contributed by atoms with E-state index in [2.05, 4.69) is 15.3 Å². The molecule has 3 rings (SSSR count). The van der Waals surface area contributed by atoms with Gasteiger partial charge in [-0.15, -0.1) is 10.2 Å². The molecule has 0 saturated heterocycles. The number of carbonyl (C=O) groups is 1. The summed E-state index contributed by atoms with van der Waals surface area (Å²) in [5.74, 6) is 1.45. The molecule has 0 atom stereocenters. The van der Waals surface area contributed by atoms with E-state index in [0.29, 0.717) is 19.6 Å². The van der Waals surface area contributed by atoms with Gasteiger partial charge in [-0.3, -0.25) is 9.48 Å². The normalized spacial score (nSPS) is 14.3. The molecule has 0 unspecified atom stereocenters. The topological polar surface area (TPSA) is 92.6 Å². The number of nitrogens with zero attached hydrogens (tertiary/aromatic N) is 7. The first-order chi connectivity index (χ1) is 10.3. The molecule has 1 aliphatic heterocycles. The maximum absolute atomic E-state index is 11.9. The van der Waals surface area contributed by atoms with Crippen molar-refractivity contribution >= 4 is 5.91 Å². The Morgan fingerprint density at radius 3 is 3.05 bits per heavy atom. The second kappa shape index (κ2) is 5.75. The number of hydrogen-bond acceptors (Lipinski definition) is 5. The maximum atomic E-state index is 11.9. The highest BCUT2D eigenvalue weighted by Gasteiger charge is 2.22. The zero-order valence-electron chi connectivity index (χ0n) is 11.5. The SMILES string of the molecule is N#CCC(=O)N1CCCn2c(nnc2Cn2cccn2)C1. The summed E-state index contributed by atoms with van der Waals surface area (Å²) < 4.78 is 3.84. The molecule has 0 spiro atoms. The molecule has 3 heterocycles. The van der Waals surface area contributed by atoms with Crippen molar-refractivity contribution < 1.29 is 4.79 Å². The molecule has 1 aliphatic rings. The Morgan fingerprint density at radius 2 is 2.29 bits per heavy atom. The average molecular weight is 285 g/mol. The summed E-state index contributed by atoms with van der Waals surface area (Å²) in [5.41, 5.74) is 0. The fourth-order valence-electron chi connectivity index (χ4n) is 2.47. The third kappa shape index (κ3) is 2.76. The minimum absolute atomic E-state index is 0.0890. The Balaban J connectivity index is 1.79. The van der Waals surface area contributed by atoms with Crippen LogP contribution in [0.2, 0.25) is 0 Å². The van der Waals surface area contributed by atoms with Crippen LogP contribution in [-0.4, -0.2) is 41.9 Å². The first-order valence-electron chi connectivity index (χ1n) is 6.81. The van der Waals surface area contributed by atoms with Gasteiger partial charge in [-0.1, -0.05) is 0 Å². The van der Waals surface area contributed by atoms with E-state index >= 15 is 0 Å². The van der Waals surface area contributed by atoms with E-state index in [1.54, 1.807) is 15.8 Å². The fraction of sp³-hybridized carbons (Fsp3) is 0.462. The van der Waals surface area contributed by atoms with Crippen LogP contribution in [0.1, 0.15) is 24.5 Å². The van der Waals surface area contributed by atoms with Crippen molar-refractivity contribution in [1.82, 2.24) is 29.4 Å². The lowest BCUT2D eigenvalue weighted by Gasteiger charge is -2.17. The molecule has 0 radical (unpaired) electrons. The Kier molecular flexibility index (Phi) is 3.64. The van der Waals surface area contributed by atoms with E-state index in [-0.39, 0.29) is 12.3 Å². The van der Waals surface area contributed by atoms with Crippen LogP contribution in [0.25, 0.3) is 0 Å². The predicted molar refractivity (Wildman–Crippen MR) is 71.6 cm³/mol. The molecule has 1 amide bonds. The molecule has 0 N–H and O–H groups in total. The van der Waals surface area contributed by atoms with Gasteiger partial charge in [0.1, 0.15) is 13.0 Å². The van der Waals surface area contributed by atoms with Gasteiger partial charge in [0, 0.05) is 25.5 Å². The Bertz CT molecular complexity index is 667. The van der Waals surface area contributed by atoms with E-state index < -0.39 is 0 Å². The summed E-state index contributed by atoms with van der Waals surface area (Å²) in [6, 6.07) is 3.76. The summed E-state index contributed by atoms with van der Waals surface area (Å²) >= 11 is 0. The molecular weight excluding hydrogens is 270 g/mol. The minimum atomic E-state index is -0.150. The third-order valence-corrected chi connectivity index (χ3v) is 3.49. The van der Waals surface area contributed by atoms with Gasteiger partial charge in [0.2, 0.25) is 5.91 Å². The van der Waals surface area contributed by atoms with Gasteiger partial charge < -0.3 is 9.47 Å². The van der Waals surface area contributed by atoms with Gasteiger partial charge >= 0.3 is 0 Å². The summed E-state index contributed by atoms with van der Waals surface area (Å²) in [6.07, 6.45) is 4.34. The first-order valence-corrected chi connectivity index (χ1v) is 6.81. The van der Waals surface area contributed by atoms with Gasteiger partial charge in [-0.2, -0.15) is 10.4 Å². The van der Waals surface area contributed by atoms with Crippen LogP contribution in [-0.2, 0) is 24.4 Å². The van der Waals surface area contributed by atoms with Crippen LogP contribution < -0.4 is 0 Å². The van der Waals surface area contributed by atoms with Crippen molar-refractivity contribution in [3.05, 3.63) is 30.1 Å². The van der Waals surface area contributed by atoms with Crippen molar-refractivity contribution in [1.29, 1.82) is 5.26 Å². The number of aromatic nitrogens is 5. The number of amides is 1. The van der Waals surface area contributed by atoms with Crippen molar-refractivity contribution in [2.24, 2.45) is 0 Å². The lowest BCUT2D eigenvalue weighted by atomic mass is 10.3. The monoisotopic (exact) mass is 285 g/mol. The molecule has 2 aromatic rings. The first kappa shape index (κ1) is 13.3. The Labute approximate surface area is 121 Å². The van der Waals surface area contributed by atoms with Crippen LogP contribution in [0.15, 0.2) is 18.5 Å². The standard InChI is InChI=1S/C13H15N7O/c14-4-3-13(21)18-6-2-8-20-11(9-18)16-17-12(20)10-19-7-1-5-15-19/h1,5,7H,2-3,6,8-10H2. The van der Waals surface area contributed by atoms with Crippen molar-refractivity contribution in [3.8, 4) is 6.07 Å². The van der Waals surface area contributed by atoms with Crippen molar-refractivity contribution in [2.75, 3.05) is 6.54 Å². The highest BCUT2D eigenvalue weighted by Crippen LogP contribution is 2.14. The third-order valence-electron chi connectivity index (χ3n) is 3.49. The lowest BCUT2D eigenvalue weighted by molar-refractivity contribution is -0.130. The predicted octanol–water partition coefficient (Wildman–Crippen LogP) is 0.169. The molecule has 108 valence electrons. The second-order valence-electron chi connectivity index (χ2n) is 4.89. The number of rotatable bonds is 3. The number of fused-ring (bicyclic) bond motifs is 1. The zero-order chi connectivity index (χ0) is 14.7. The summed E-state index contributed by atoms with van der Waals surface area (Å²) in [7, 11) is 0. The summed E-state index contributed by atoms with van der Waals surface area (Å²) in [6.45, 7) is 2.39. The van der Waals surface area contributed by atoms with Crippen molar-refractivity contribution in [3.63, 3.8) is 0 Å². The zero-order valence-corrected chi connectivity index (χ0v) is 11.5. The molecule has 0 fully saturated rings. The van der Waals surface area contributed by atoms with E-state index in [1.807, 2.05) is 22.9 Å². The van der Waals surface area contributed by atoms with Gasteiger partial charge in [0.25, 0.3) is 0 Å². The summed E-state index contributed by atoms with van der Waals surface area (Å²) in [4.78, 5) is 13.5. The molecule has 0 aliphatic carbocycles. The maximum Gasteiger partial charge on any atom is 0.237 e. The Hall–Kier alpha value is -2.69. The smallest absolute Gasteiger partial charge is 0.237 e. The van der Waals surface area contributed by atoms with Crippen LogP contribution in [0.5, 0.6) is 0 Å². The quantitative estimate of drug-likeness (QED) is 0.801. The average Bonchev–Trinajstić information content (AvgIpc) is 3.05. The van der Waals surface area contributed by atoms with Crippen LogP contribution in [0.4, 0.5) is 0 Å². The molecule has 21 heavy (non-hydrogen) atoms. The van der Waals surface area contributed by atoms with Gasteiger partial charge in [-0.25, -0.2) is 0 Å². The van der Waals surface area contributed by atoms with Crippen LogP contribution >= 0.6 is 0 Å². The van der Waals surface area contributed by atoms with E-state index in [0.717, 1.165) is 24.6 Å². The molecule has 0 bridgehead atoms. The van der Waals surface area contributed by atoms with Crippen molar-refractivity contribution in [2.45, 2.75) is 32.5 Å². The number of carbonyl (C=O) groups excluding carboxylic acids is 1. The lowest BCUT2D eigenvalue weighted by Crippen LogP contribution is -2.30. The van der Waals surface area contributed by atoms with Crippen LogP contribution in [0.3, 0.4) is 0 Å². The molecular formula is C13H15N7O. The highest BCUT2D eigenvalue weighted by atomic mass is 16.2. The fourth-order valence-corrected chi connectivity index (χ4v) is 2.47. The van der Waals surface area contributed by atoms with E-state index in [4.69, 9.17) is 5.26 Å². The van der Waals surface area contributed by atoms with E-state index in [9.17, 15) is 4.79 Å². The van der Waals surface area contributed by atoms with Gasteiger partial charge in [0.05, 0.1) is 12.6 Å². The Morgan fingerprint density at radius 1 is 1.38 bits per heavy atom. The molecule has 0 aromatic carbocycles. The summed E-state index contributed by atoms with van der Waals surface area (Å²) in [5, 5.41) is 21.2. The highest BCUT2D eigenvalue weighted by molar-refractivity contribution is 5.78. The number of nitriles is 1.